The van der Waals surface area contributed by atoms with E-state index in [1.807, 2.05) is 30.5 Å². The van der Waals surface area contributed by atoms with Crippen LogP contribution in [0.15, 0.2) is 34.5 Å². The van der Waals surface area contributed by atoms with Crippen LogP contribution in [0.4, 0.5) is 0 Å². The highest BCUT2D eigenvalue weighted by atomic mass is 32.2. The number of nitrogens with zero attached hydrogens (tertiary/aromatic N) is 4. The van der Waals surface area contributed by atoms with E-state index < -0.39 is 0 Å². The molecule has 0 fully saturated rings. The molecule has 0 amide bonds. The molecular formula is C16H22N4OS. The lowest BCUT2D eigenvalue weighted by Crippen LogP contribution is -2.03. The van der Waals surface area contributed by atoms with E-state index in [2.05, 4.69) is 36.1 Å². The molecule has 1 aromatic carbocycles. The Kier molecular flexibility index (Phi) is 6.00. The molecule has 0 radical (unpaired) electrons. The summed E-state index contributed by atoms with van der Waals surface area (Å²) in [6.45, 7) is 6.95. The monoisotopic (exact) mass is 318 g/mol. The summed E-state index contributed by atoms with van der Waals surface area (Å²) in [4.78, 5) is 0. The number of thioether (sulfide) groups is 1. The molecule has 1 aromatic heterocycles. The van der Waals surface area contributed by atoms with Crippen molar-refractivity contribution in [2.45, 2.75) is 38.3 Å². The molecule has 2 aromatic rings. The predicted molar refractivity (Wildman–Crippen MR) is 91.1 cm³/mol. The Morgan fingerprint density at radius 3 is 2.77 bits per heavy atom. The van der Waals surface area contributed by atoms with Crippen LogP contribution in [0.1, 0.15) is 44.5 Å². The van der Waals surface area contributed by atoms with Gasteiger partial charge in [-0.15, -0.1) is 10.2 Å². The number of hydrogen-bond donors (Lipinski definition) is 0. The van der Waals surface area contributed by atoms with Crippen molar-refractivity contribution >= 4 is 18.0 Å². The molecular weight excluding hydrogens is 296 g/mol. The highest BCUT2D eigenvalue weighted by molar-refractivity contribution is 7.98. The summed E-state index contributed by atoms with van der Waals surface area (Å²) in [6, 6.07) is 7.90. The van der Waals surface area contributed by atoms with E-state index in [9.17, 15) is 0 Å². The molecule has 2 rings (SSSR count). The molecule has 0 N–H and O–H groups in total. The average Bonchev–Trinajstić information content (AvgIpc) is 2.94. The van der Waals surface area contributed by atoms with E-state index in [0.717, 1.165) is 28.7 Å². The van der Waals surface area contributed by atoms with Crippen molar-refractivity contribution in [3.63, 3.8) is 0 Å². The summed E-state index contributed by atoms with van der Waals surface area (Å²) in [5.74, 6) is 1.96. The average molecular weight is 318 g/mol. The maximum Gasteiger partial charge on any atom is 0.211 e. The Labute approximate surface area is 135 Å². The van der Waals surface area contributed by atoms with Gasteiger partial charge in [0.25, 0.3) is 0 Å². The SMILES string of the molecule is CCCOc1ccccc1/C=N\n1c(SC)nnc1C(C)C. The van der Waals surface area contributed by atoms with Crippen molar-refractivity contribution < 1.29 is 4.74 Å². The molecule has 0 saturated carbocycles. The Bertz CT molecular complexity index is 637. The van der Waals surface area contributed by atoms with Gasteiger partial charge in [-0.3, -0.25) is 0 Å². The fourth-order valence-corrected chi connectivity index (χ4v) is 2.36. The smallest absolute Gasteiger partial charge is 0.211 e. The maximum atomic E-state index is 5.75. The third kappa shape index (κ3) is 3.88. The van der Waals surface area contributed by atoms with Crippen LogP contribution in [0.2, 0.25) is 0 Å². The van der Waals surface area contributed by atoms with Crippen molar-refractivity contribution in [1.29, 1.82) is 0 Å². The maximum absolute atomic E-state index is 5.75. The highest BCUT2D eigenvalue weighted by Gasteiger charge is 2.13. The number of aromatic nitrogens is 3. The van der Waals surface area contributed by atoms with Gasteiger partial charge >= 0.3 is 0 Å². The fourth-order valence-electron chi connectivity index (χ4n) is 1.92. The van der Waals surface area contributed by atoms with E-state index in [0.29, 0.717) is 6.61 Å². The molecule has 0 aliphatic carbocycles. The molecule has 22 heavy (non-hydrogen) atoms. The molecule has 0 atom stereocenters. The van der Waals surface area contributed by atoms with Crippen LogP contribution in [0.5, 0.6) is 5.75 Å². The van der Waals surface area contributed by atoms with Gasteiger partial charge in [0.1, 0.15) is 5.75 Å². The van der Waals surface area contributed by atoms with E-state index in [1.165, 1.54) is 11.8 Å². The van der Waals surface area contributed by atoms with Gasteiger partial charge in [0, 0.05) is 11.5 Å². The van der Waals surface area contributed by atoms with Crippen LogP contribution in [0.3, 0.4) is 0 Å². The van der Waals surface area contributed by atoms with Gasteiger partial charge in [-0.2, -0.15) is 9.78 Å². The summed E-state index contributed by atoms with van der Waals surface area (Å²) in [7, 11) is 0. The quantitative estimate of drug-likeness (QED) is 0.575. The molecule has 0 bridgehead atoms. The first-order chi connectivity index (χ1) is 10.7. The summed E-state index contributed by atoms with van der Waals surface area (Å²) in [6.07, 6.45) is 4.75. The topological polar surface area (TPSA) is 52.3 Å². The number of benzene rings is 1. The van der Waals surface area contributed by atoms with Gasteiger partial charge in [-0.25, -0.2) is 0 Å². The van der Waals surface area contributed by atoms with Crippen molar-refractivity contribution in [2.75, 3.05) is 12.9 Å². The van der Waals surface area contributed by atoms with Crippen molar-refractivity contribution in [3.8, 4) is 5.75 Å². The summed E-state index contributed by atoms with van der Waals surface area (Å²) in [5.41, 5.74) is 0.950. The molecule has 1 heterocycles. The molecule has 0 spiro atoms. The van der Waals surface area contributed by atoms with Crippen LogP contribution in [-0.4, -0.2) is 34.0 Å². The van der Waals surface area contributed by atoms with Crippen LogP contribution >= 0.6 is 11.8 Å². The third-order valence-electron chi connectivity index (χ3n) is 3.03. The largest absolute Gasteiger partial charge is 0.493 e. The molecule has 6 heteroatoms. The molecule has 118 valence electrons. The zero-order valence-corrected chi connectivity index (χ0v) is 14.3. The van der Waals surface area contributed by atoms with Gasteiger partial charge < -0.3 is 4.74 Å². The Hall–Kier alpha value is -1.82. The van der Waals surface area contributed by atoms with Crippen molar-refractivity contribution in [2.24, 2.45) is 5.10 Å². The number of para-hydroxylation sites is 1. The van der Waals surface area contributed by atoms with Crippen LogP contribution < -0.4 is 4.74 Å². The molecule has 5 nitrogen and oxygen atoms in total. The van der Waals surface area contributed by atoms with Crippen molar-refractivity contribution in [3.05, 3.63) is 35.7 Å². The summed E-state index contributed by atoms with van der Waals surface area (Å²) in [5, 5.41) is 13.7. The highest BCUT2D eigenvalue weighted by Crippen LogP contribution is 2.20. The second-order valence-corrected chi connectivity index (χ2v) is 5.92. The Morgan fingerprint density at radius 1 is 1.32 bits per heavy atom. The minimum atomic E-state index is 0.261. The standard InChI is InChI=1S/C16H22N4OS/c1-5-10-21-14-9-7-6-8-13(14)11-17-20-15(12(2)3)18-19-16(20)22-4/h6-9,11-12H,5,10H2,1-4H3/b17-11-. The minimum Gasteiger partial charge on any atom is -0.493 e. The first-order valence-electron chi connectivity index (χ1n) is 7.42. The van der Waals surface area contributed by atoms with Gasteiger partial charge in [-0.05, 0) is 24.8 Å². The van der Waals surface area contributed by atoms with Crippen molar-refractivity contribution in [1.82, 2.24) is 14.9 Å². The van der Waals surface area contributed by atoms with Gasteiger partial charge in [-0.1, -0.05) is 44.7 Å². The zero-order valence-electron chi connectivity index (χ0n) is 13.5. The molecule has 0 saturated heterocycles. The number of ether oxygens (including phenoxy) is 1. The van der Waals surface area contributed by atoms with E-state index in [1.54, 1.807) is 10.9 Å². The first kappa shape index (κ1) is 16.5. The lowest BCUT2D eigenvalue weighted by molar-refractivity contribution is 0.317. The summed E-state index contributed by atoms with van der Waals surface area (Å²) < 4.78 is 7.55. The number of rotatable bonds is 7. The molecule has 0 aliphatic rings. The van der Waals surface area contributed by atoms with Gasteiger partial charge in [0.15, 0.2) is 5.82 Å². The number of hydrogen-bond acceptors (Lipinski definition) is 5. The van der Waals surface area contributed by atoms with E-state index in [-0.39, 0.29) is 5.92 Å². The summed E-state index contributed by atoms with van der Waals surface area (Å²) >= 11 is 1.53. The molecule has 0 unspecified atom stereocenters. The Balaban J connectivity index is 2.31. The zero-order chi connectivity index (χ0) is 15.9. The van der Waals surface area contributed by atoms with E-state index >= 15 is 0 Å². The first-order valence-corrected chi connectivity index (χ1v) is 8.65. The van der Waals surface area contributed by atoms with Gasteiger partial charge in [0.2, 0.25) is 5.16 Å². The minimum absolute atomic E-state index is 0.261. The second-order valence-electron chi connectivity index (χ2n) is 5.14. The van der Waals surface area contributed by atoms with E-state index in [4.69, 9.17) is 4.74 Å². The van der Waals surface area contributed by atoms with Crippen LogP contribution in [0.25, 0.3) is 0 Å². The lowest BCUT2D eigenvalue weighted by atomic mass is 10.2. The Morgan fingerprint density at radius 2 is 2.09 bits per heavy atom. The van der Waals surface area contributed by atoms with Crippen LogP contribution in [-0.2, 0) is 0 Å². The lowest BCUT2D eigenvalue weighted by Gasteiger charge is -2.08. The fraction of sp³-hybridized carbons (Fsp3) is 0.438. The normalized spacial score (nSPS) is 11.5. The predicted octanol–water partition coefficient (Wildman–Crippen LogP) is 3.79. The van der Waals surface area contributed by atoms with Gasteiger partial charge in [0.05, 0.1) is 12.8 Å². The van der Waals surface area contributed by atoms with Crippen LogP contribution in [0, 0.1) is 0 Å². The third-order valence-corrected chi connectivity index (χ3v) is 3.65. The second kappa shape index (κ2) is 7.98. The molecule has 0 aliphatic heterocycles.